The molecule has 0 unspecified atom stereocenters. The van der Waals surface area contributed by atoms with Crippen LogP contribution in [-0.2, 0) is 0 Å². The van der Waals surface area contributed by atoms with Gasteiger partial charge in [0.15, 0.2) is 0 Å². The van der Waals surface area contributed by atoms with Crippen LogP contribution >= 0.6 is 11.6 Å². The van der Waals surface area contributed by atoms with E-state index >= 15 is 0 Å². The normalized spacial score (nSPS) is 14.1. The van der Waals surface area contributed by atoms with E-state index in [2.05, 4.69) is 26.8 Å². The maximum atomic E-state index is 6.13. The Hall–Kier alpha value is -0.530. The van der Waals surface area contributed by atoms with Crippen LogP contribution in [0.2, 0.25) is 5.02 Å². The maximum Gasteiger partial charge on any atom is 0.0438 e. The Morgan fingerprint density at radius 1 is 1.29 bits per heavy atom. The molecular weight excluding hydrogens is 194 g/mol. The van der Waals surface area contributed by atoms with E-state index in [0.29, 0.717) is 0 Å². The van der Waals surface area contributed by atoms with E-state index in [1.807, 2.05) is 19.1 Å². The van der Waals surface area contributed by atoms with Crippen molar-refractivity contribution in [2.24, 2.45) is 11.1 Å². The molecule has 1 rings (SSSR count). The number of nitrogens with two attached hydrogens (primary N) is 1. The quantitative estimate of drug-likeness (QED) is 0.754. The zero-order chi connectivity index (χ0) is 10.9. The molecule has 0 aliphatic carbocycles. The third-order valence-electron chi connectivity index (χ3n) is 2.49. The van der Waals surface area contributed by atoms with Crippen LogP contribution in [0, 0.1) is 12.3 Å². The van der Waals surface area contributed by atoms with Crippen molar-refractivity contribution in [2.45, 2.75) is 33.7 Å². The Morgan fingerprint density at radius 2 is 1.86 bits per heavy atom. The van der Waals surface area contributed by atoms with Gasteiger partial charge < -0.3 is 5.73 Å². The van der Waals surface area contributed by atoms with Crippen LogP contribution in [0.4, 0.5) is 0 Å². The van der Waals surface area contributed by atoms with Gasteiger partial charge in [0.05, 0.1) is 0 Å². The first kappa shape index (κ1) is 11.5. The van der Waals surface area contributed by atoms with E-state index in [9.17, 15) is 0 Å². The molecule has 0 saturated carbocycles. The van der Waals surface area contributed by atoms with Gasteiger partial charge in [-0.1, -0.05) is 44.5 Å². The van der Waals surface area contributed by atoms with E-state index in [-0.39, 0.29) is 11.5 Å². The summed E-state index contributed by atoms with van der Waals surface area (Å²) in [6, 6.07) is 6.06. The molecule has 0 heterocycles. The molecule has 14 heavy (non-hydrogen) atoms. The van der Waals surface area contributed by atoms with Crippen LogP contribution in [0.15, 0.2) is 18.2 Å². The van der Waals surface area contributed by atoms with Crippen LogP contribution in [-0.4, -0.2) is 0 Å². The summed E-state index contributed by atoms with van der Waals surface area (Å²) in [5.41, 5.74) is 8.40. The number of halogens is 1. The lowest BCUT2D eigenvalue weighted by Crippen LogP contribution is -2.26. The first-order valence-corrected chi connectivity index (χ1v) is 5.22. The molecule has 0 saturated heterocycles. The van der Waals surface area contributed by atoms with Crippen molar-refractivity contribution in [1.82, 2.24) is 0 Å². The SMILES string of the molecule is Cc1ccc([C@H](N)C(C)(C)C)cc1Cl. The molecule has 1 nitrogen and oxygen atoms in total. The van der Waals surface area contributed by atoms with Gasteiger partial charge >= 0.3 is 0 Å². The van der Waals surface area contributed by atoms with Crippen molar-refractivity contribution in [2.75, 3.05) is 0 Å². The van der Waals surface area contributed by atoms with Gasteiger partial charge in [-0.2, -0.15) is 0 Å². The maximum absolute atomic E-state index is 6.13. The molecule has 0 fully saturated rings. The van der Waals surface area contributed by atoms with Crippen LogP contribution < -0.4 is 5.73 Å². The molecular formula is C12H18ClN. The molecule has 0 aliphatic heterocycles. The Morgan fingerprint density at radius 3 is 2.29 bits per heavy atom. The Kier molecular flexibility index (Phi) is 3.23. The van der Waals surface area contributed by atoms with E-state index in [4.69, 9.17) is 17.3 Å². The topological polar surface area (TPSA) is 26.0 Å². The van der Waals surface area contributed by atoms with Crippen molar-refractivity contribution >= 4 is 11.6 Å². The second-order valence-electron chi connectivity index (χ2n) is 4.85. The highest BCUT2D eigenvalue weighted by Crippen LogP contribution is 2.32. The van der Waals surface area contributed by atoms with E-state index in [1.54, 1.807) is 0 Å². The Balaban J connectivity index is 3.03. The molecule has 1 aromatic carbocycles. The van der Waals surface area contributed by atoms with E-state index in [1.165, 1.54) is 0 Å². The van der Waals surface area contributed by atoms with Crippen molar-refractivity contribution in [3.63, 3.8) is 0 Å². The zero-order valence-corrected chi connectivity index (χ0v) is 10.0. The van der Waals surface area contributed by atoms with Gasteiger partial charge in [-0.05, 0) is 29.5 Å². The summed E-state index contributed by atoms with van der Waals surface area (Å²) in [7, 11) is 0. The minimum atomic E-state index is 0.0283. The molecule has 1 atom stereocenters. The van der Waals surface area contributed by atoms with Crippen LogP contribution in [0.5, 0.6) is 0 Å². The molecule has 0 aromatic heterocycles. The van der Waals surface area contributed by atoms with Gasteiger partial charge in [0, 0.05) is 11.1 Å². The molecule has 0 radical (unpaired) electrons. The third-order valence-corrected chi connectivity index (χ3v) is 2.90. The summed E-state index contributed by atoms with van der Waals surface area (Å²) < 4.78 is 0. The number of rotatable bonds is 1. The lowest BCUT2D eigenvalue weighted by atomic mass is 9.83. The highest BCUT2D eigenvalue weighted by Gasteiger charge is 2.22. The Labute approximate surface area is 91.3 Å². The fraction of sp³-hybridized carbons (Fsp3) is 0.500. The van der Waals surface area contributed by atoms with Crippen LogP contribution in [0.3, 0.4) is 0 Å². The molecule has 2 N–H and O–H groups in total. The highest BCUT2D eigenvalue weighted by molar-refractivity contribution is 6.31. The van der Waals surface area contributed by atoms with Crippen molar-refractivity contribution < 1.29 is 0 Å². The predicted molar refractivity (Wildman–Crippen MR) is 62.6 cm³/mol. The van der Waals surface area contributed by atoms with Crippen molar-refractivity contribution in [3.05, 3.63) is 34.3 Å². The Bertz CT molecular complexity index is 326. The monoisotopic (exact) mass is 211 g/mol. The fourth-order valence-electron chi connectivity index (χ4n) is 1.30. The largest absolute Gasteiger partial charge is 0.324 e. The lowest BCUT2D eigenvalue weighted by molar-refractivity contribution is 0.327. The second-order valence-corrected chi connectivity index (χ2v) is 5.26. The standard InChI is InChI=1S/C12H18ClN/c1-8-5-6-9(7-10(8)13)11(14)12(2,3)4/h5-7,11H,14H2,1-4H3/t11-/m0/s1. The summed E-state index contributed by atoms with van der Waals surface area (Å²) in [4.78, 5) is 0. The van der Waals surface area contributed by atoms with Crippen LogP contribution in [0.25, 0.3) is 0 Å². The summed E-state index contributed by atoms with van der Waals surface area (Å²) in [5.74, 6) is 0. The number of benzene rings is 1. The lowest BCUT2D eigenvalue weighted by Gasteiger charge is -2.27. The molecule has 0 spiro atoms. The molecule has 2 heteroatoms. The summed E-state index contributed by atoms with van der Waals surface area (Å²) in [6.07, 6.45) is 0. The molecule has 78 valence electrons. The minimum Gasteiger partial charge on any atom is -0.324 e. The van der Waals surface area contributed by atoms with Gasteiger partial charge in [-0.25, -0.2) is 0 Å². The number of hydrogen-bond acceptors (Lipinski definition) is 1. The summed E-state index contributed by atoms with van der Waals surface area (Å²) in [5, 5.41) is 0.794. The number of hydrogen-bond donors (Lipinski definition) is 1. The molecule has 0 amide bonds. The first-order chi connectivity index (χ1) is 6.32. The molecule has 0 bridgehead atoms. The second kappa shape index (κ2) is 3.92. The van der Waals surface area contributed by atoms with Gasteiger partial charge in [-0.3, -0.25) is 0 Å². The smallest absolute Gasteiger partial charge is 0.0438 e. The molecule has 0 aliphatic rings. The summed E-state index contributed by atoms with van der Waals surface area (Å²) in [6.45, 7) is 8.39. The summed E-state index contributed by atoms with van der Waals surface area (Å²) >= 11 is 6.05. The third kappa shape index (κ3) is 2.49. The average Bonchev–Trinajstić information content (AvgIpc) is 2.07. The van der Waals surface area contributed by atoms with Gasteiger partial charge in [0.1, 0.15) is 0 Å². The van der Waals surface area contributed by atoms with Gasteiger partial charge in [0.2, 0.25) is 0 Å². The number of aryl methyl sites for hydroxylation is 1. The van der Waals surface area contributed by atoms with Crippen LogP contribution in [0.1, 0.15) is 37.9 Å². The van der Waals surface area contributed by atoms with Gasteiger partial charge in [0.25, 0.3) is 0 Å². The van der Waals surface area contributed by atoms with E-state index < -0.39 is 0 Å². The van der Waals surface area contributed by atoms with Crippen molar-refractivity contribution in [1.29, 1.82) is 0 Å². The minimum absolute atomic E-state index is 0.0283. The predicted octanol–water partition coefficient (Wildman–Crippen LogP) is 3.69. The highest BCUT2D eigenvalue weighted by atomic mass is 35.5. The zero-order valence-electron chi connectivity index (χ0n) is 9.26. The van der Waals surface area contributed by atoms with E-state index in [0.717, 1.165) is 16.1 Å². The average molecular weight is 212 g/mol. The fourth-order valence-corrected chi connectivity index (χ4v) is 1.49. The van der Waals surface area contributed by atoms with Crippen molar-refractivity contribution in [3.8, 4) is 0 Å². The van der Waals surface area contributed by atoms with Gasteiger partial charge in [-0.15, -0.1) is 0 Å². The first-order valence-electron chi connectivity index (χ1n) is 4.84. The molecule has 1 aromatic rings.